The number of hydrogen-bond acceptors (Lipinski definition) is 4. The zero-order valence-electron chi connectivity index (χ0n) is 11.0. The number of hydrazine groups is 1. The fourth-order valence-electron chi connectivity index (χ4n) is 1.82. The highest BCUT2D eigenvalue weighted by atomic mass is 16.3. The summed E-state index contributed by atoms with van der Waals surface area (Å²) in [5.41, 5.74) is -0.923. The van der Waals surface area contributed by atoms with Crippen molar-refractivity contribution in [2.45, 2.75) is 0 Å². The summed E-state index contributed by atoms with van der Waals surface area (Å²) in [7, 11) is 5.73. The topological polar surface area (TPSA) is 90.6 Å². The summed E-state index contributed by atoms with van der Waals surface area (Å²) < 4.78 is 2.23. The molecule has 0 saturated carbocycles. The lowest BCUT2D eigenvalue weighted by molar-refractivity contribution is -0.280. The van der Waals surface area contributed by atoms with Crippen LogP contribution in [0.2, 0.25) is 0 Å². The SMILES string of the molecule is CN1C(=O)C(=Cc2c([O-])n(C)n(C)c2=O)C(=O)N1C. The van der Waals surface area contributed by atoms with E-state index in [2.05, 4.69) is 0 Å². The van der Waals surface area contributed by atoms with Crippen LogP contribution in [0.15, 0.2) is 10.4 Å². The lowest BCUT2D eigenvalue weighted by Crippen LogP contribution is -2.33. The van der Waals surface area contributed by atoms with Gasteiger partial charge < -0.3 is 5.11 Å². The maximum atomic E-state index is 11.8. The average Bonchev–Trinajstić information content (AvgIpc) is 2.68. The van der Waals surface area contributed by atoms with Crippen molar-refractivity contribution in [2.75, 3.05) is 14.1 Å². The molecule has 0 aliphatic carbocycles. The Balaban J connectivity index is 2.61. The van der Waals surface area contributed by atoms with Crippen LogP contribution in [0.3, 0.4) is 0 Å². The molecule has 1 saturated heterocycles. The molecule has 1 fully saturated rings. The van der Waals surface area contributed by atoms with E-state index in [-0.39, 0.29) is 11.1 Å². The summed E-state index contributed by atoms with van der Waals surface area (Å²) in [5, 5.41) is 14.1. The highest BCUT2D eigenvalue weighted by Gasteiger charge is 2.36. The number of aromatic nitrogens is 2. The second-order valence-corrected chi connectivity index (χ2v) is 4.29. The molecule has 1 aliphatic heterocycles. The monoisotopic (exact) mass is 265 g/mol. The van der Waals surface area contributed by atoms with Crippen LogP contribution in [0.1, 0.15) is 5.56 Å². The molecule has 102 valence electrons. The predicted octanol–water partition coefficient (Wildman–Crippen LogP) is -1.97. The number of amides is 2. The summed E-state index contributed by atoms with van der Waals surface area (Å²) in [6, 6.07) is 0. The molecule has 2 rings (SSSR count). The molecule has 8 heteroatoms. The lowest BCUT2D eigenvalue weighted by Gasteiger charge is -2.16. The summed E-state index contributed by atoms with van der Waals surface area (Å²) >= 11 is 0. The molecule has 2 heterocycles. The highest BCUT2D eigenvalue weighted by molar-refractivity contribution is 6.25. The average molecular weight is 265 g/mol. The summed E-state index contributed by atoms with van der Waals surface area (Å²) in [6.07, 6.45) is 1.06. The third-order valence-electron chi connectivity index (χ3n) is 3.29. The largest absolute Gasteiger partial charge is 0.858 e. The van der Waals surface area contributed by atoms with Gasteiger partial charge in [-0.15, -0.1) is 0 Å². The van der Waals surface area contributed by atoms with E-state index >= 15 is 0 Å². The summed E-state index contributed by atoms with van der Waals surface area (Å²) in [4.78, 5) is 35.5. The van der Waals surface area contributed by atoms with Crippen molar-refractivity contribution in [3.05, 3.63) is 21.5 Å². The Bertz CT molecular complexity index is 645. The van der Waals surface area contributed by atoms with Gasteiger partial charge in [0.25, 0.3) is 17.4 Å². The normalized spacial score (nSPS) is 15.7. The van der Waals surface area contributed by atoms with Gasteiger partial charge in [0, 0.05) is 28.2 Å². The van der Waals surface area contributed by atoms with Crippen LogP contribution in [-0.4, -0.2) is 45.3 Å². The van der Waals surface area contributed by atoms with Crippen LogP contribution in [0.4, 0.5) is 0 Å². The first-order valence-electron chi connectivity index (χ1n) is 5.48. The third-order valence-corrected chi connectivity index (χ3v) is 3.29. The second kappa shape index (κ2) is 4.01. The Kier molecular flexibility index (Phi) is 2.73. The lowest BCUT2D eigenvalue weighted by atomic mass is 10.1. The Hall–Kier alpha value is -2.51. The first kappa shape index (κ1) is 12.9. The number of carbonyl (C=O) groups excluding carboxylic acids is 2. The summed E-state index contributed by atoms with van der Waals surface area (Å²) in [6.45, 7) is 0. The minimum absolute atomic E-state index is 0.189. The first-order valence-corrected chi connectivity index (χ1v) is 5.48. The van der Waals surface area contributed by atoms with Crippen molar-refractivity contribution in [3.63, 3.8) is 0 Å². The molecule has 1 aromatic heterocycles. The van der Waals surface area contributed by atoms with Gasteiger partial charge >= 0.3 is 0 Å². The standard InChI is InChI=1S/C11H14N4O4/c1-12-8(16)6(9(17)13(12)2)5-7-10(18)14(3)15(4)11(7)19/h5,16H,1-4H3/p-1. The third kappa shape index (κ3) is 1.64. The molecule has 1 aliphatic rings. The van der Waals surface area contributed by atoms with Crippen LogP contribution < -0.4 is 10.7 Å². The molecule has 19 heavy (non-hydrogen) atoms. The molecular weight excluding hydrogens is 252 g/mol. The number of likely N-dealkylation sites (N-methyl/N-ethyl adjacent to an activating group) is 2. The van der Waals surface area contributed by atoms with Crippen molar-refractivity contribution in [3.8, 4) is 5.88 Å². The van der Waals surface area contributed by atoms with Gasteiger partial charge in [-0.3, -0.25) is 33.8 Å². The number of hydrogen-bond donors (Lipinski definition) is 0. The molecule has 0 radical (unpaired) electrons. The van der Waals surface area contributed by atoms with Crippen LogP contribution in [-0.2, 0) is 23.7 Å². The van der Waals surface area contributed by atoms with Crippen LogP contribution in [0.25, 0.3) is 6.08 Å². The zero-order valence-corrected chi connectivity index (χ0v) is 11.0. The van der Waals surface area contributed by atoms with Gasteiger partial charge in [0.2, 0.25) is 0 Å². The number of nitrogens with zero attached hydrogens (tertiary/aromatic N) is 4. The van der Waals surface area contributed by atoms with Gasteiger partial charge in [0.05, 0.1) is 5.56 Å². The van der Waals surface area contributed by atoms with Crippen LogP contribution in [0, 0.1) is 0 Å². The number of rotatable bonds is 1. The molecule has 0 unspecified atom stereocenters. The Morgan fingerprint density at radius 2 is 1.37 bits per heavy atom. The Morgan fingerprint density at radius 3 is 1.74 bits per heavy atom. The van der Waals surface area contributed by atoms with Crippen LogP contribution in [0.5, 0.6) is 5.88 Å². The van der Waals surface area contributed by atoms with E-state index in [1.807, 2.05) is 0 Å². The molecule has 8 nitrogen and oxygen atoms in total. The molecule has 0 atom stereocenters. The van der Waals surface area contributed by atoms with Gasteiger partial charge in [-0.25, -0.2) is 0 Å². The van der Waals surface area contributed by atoms with Gasteiger partial charge in [-0.2, -0.15) is 0 Å². The smallest absolute Gasteiger partial charge is 0.277 e. The first-order chi connectivity index (χ1) is 8.77. The Labute approximate surface area is 108 Å². The fourth-order valence-corrected chi connectivity index (χ4v) is 1.82. The van der Waals surface area contributed by atoms with Gasteiger partial charge in [0.1, 0.15) is 5.57 Å². The summed E-state index contributed by atoms with van der Waals surface area (Å²) in [5.74, 6) is -1.63. The second-order valence-electron chi connectivity index (χ2n) is 4.29. The van der Waals surface area contributed by atoms with Crippen LogP contribution >= 0.6 is 0 Å². The van der Waals surface area contributed by atoms with Gasteiger partial charge in [0.15, 0.2) is 0 Å². The minimum atomic E-state index is -0.544. The van der Waals surface area contributed by atoms with Gasteiger partial charge in [-0.05, 0) is 12.0 Å². The highest BCUT2D eigenvalue weighted by Crippen LogP contribution is 2.20. The molecule has 0 bridgehead atoms. The van der Waals surface area contributed by atoms with Crippen molar-refractivity contribution >= 4 is 17.9 Å². The van der Waals surface area contributed by atoms with E-state index in [0.29, 0.717) is 0 Å². The quantitative estimate of drug-likeness (QED) is 0.435. The van der Waals surface area contributed by atoms with Crippen molar-refractivity contribution in [2.24, 2.45) is 14.1 Å². The molecule has 0 spiro atoms. The predicted molar refractivity (Wildman–Crippen MR) is 63.6 cm³/mol. The zero-order chi connectivity index (χ0) is 14.5. The molecular formula is C11H13N4O4-. The minimum Gasteiger partial charge on any atom is -0.858 e. The van der Waals surface area contributed by atoms with Crippen molar-refractivity contribution < 1.29 is 14.7 Å². The fraction of sp³-hybridized carbons (Fsp3) is 0.364. The van der Waals surface area contributed by atoms with E-state index < -0.39 is 23.3 Å². The molecule has 0 N–H and O–H groups in total. The maximum Gasteiger partial charge on any atom is 0.277 e. The Morgan fingerprint density at radius 1 is 0.895 bits per heavy atom. The van der Waals surface area contributed by atoms with E-state index in [1.54, 1.807) is 0 Å². The van der Waals surface area contributed by atoms with E-state index in [1.165, 1.54) is 28.2 Å². The van der Waals surface area contributed by atoms with Crippen molar-refractivity contribution in [1.29, 1.82) is 0 Å². The van der Waals surface area contributed by atoms with E-state index in [4.69, 9.17) is 0 Å². The number of carbonyl (C=O) groups is 2. The van der Waals surface area contributed by atoms with Crippen molar-refractivity contribution in [1.82, 2.24) is 19.4 Å². The van der Waals surface area contributed by atoms with Gasteiger partial charge in [-0.1, -0.05) is 0 Å². The molecule has 2 amide bonds. The molecule has 0 aromatic carbocycles. The maximum absolute atomic E-state index is 11.8. The molecule has 1 aromatic rings. The van der Waals surface area contributed by atoms with E-state index in [0.717, 1.165) is 25.5 Å². The van der Waals surface area contributed by atoms with E-state index in [9.17, 15) is 19.5 Å².